The minimum Gasteiger partial charge on any atom is -0.366 e. The fourth-order valence-electron chi connectivity index (χ4n) is 2.37. The molecule has 2 aromatic rings. The van der Waals surface area contributed by atoms with Gasteiger partial charge in [0.1, 0.15) is 11.6 Å². The number of nitrogens with zero attached hydrogens (tertiary/aromatic N) is 2. The molecule has 0 bridgehead atoms. The van der Waals surface area contributed by atoms with Crippen molar-refractivity contribution < 1.29 is 4.79 Å². The molecule has 2 N–H and O–H groups in total. The van der Waals surface area contributed by atoms with Crippen LogP contribution in [0.15, 0.2) is 36.5 Å². The quantitative estimate of drug-likeness (QED) is 0.824. The molecule has 1 aliphatic rings. The first kappa shape index (κ1) is 15.5. The lowest BCUT2D eigenvalue weighted by molar-refractivity contribution is 0.0953. The van der Waals surface area contributed by atoms with E-state index in [9.17, 15) is 4.79 Å². The van der Waals surface area contributed by atoms with Crippen LogP contribution in [0.5, 0.6) is 0 Å². The first-order chi connectivity index (χ1) is 11.3. The number of carbonyl (C=O) groups excluding carboxylic acids is 1. The molecule has 120 valence electrons. The topological polar surface area (TPSA) is 66.9 Å². The van der Waals surface area contributed by atoms with Gasteiger partial charge in [0.25, 0.3) is 5.91 Å². The molecule has 1 aromatic heterocycles. The number of nitrogens with one attached hydrogen (secondary N) is 2. The number of hydrogen-bond acceptors (Lipinski definition) is 4. The average Bonchev–Trinajstić information content (AvgIpc) is 3.43. The highest BCUT2D eigenvalue weighted by molar-refractivity contribution is 5.94. The summed E-state index contributed by atoms with van der Waals surface area (Å²) in [6.45, 7) is 3.38. The number of carbonyl (C=O) groups is 1. The molecular formula is C18H22N4O. The highest BCUT2D eigenvalue weighted by Crippen LogP contribution is 2.38. The Morgan fingerprint density at radius 3 is 2.96 bits per heavy atom. The second kappa shape index (κ2) is 7.22. The Morgan fingerprint density at radius 1 is 1.30 bits per heavy atom. The summed E-state index contributed by atoms with van der Waals surface area (Å²) in [4.78, 5) is 20.9. The van der Waals surface area contributed by atoms with Gasteiger partial charge < -0.3 is 10.6 Å². The third-order valence-corrected chi connectivity index (χ3v) is 3.82. The van der Waals surface area contributed by atoms with Crippen molar-refractivity contribution in [2.24, 2.45) is 0 Å². The molecule has 23 heavy (non-hydrogen) atoms. The fraction of sp³-hybridized carbons (Fsp3) is 0.389. The number of hydrogen-bond donors (Lipinski definition) is 2. The van der Waals surface area contributed by atoms with Crippen LogP contribution >= 0.6 is 0 Å². The van der Waals surface area contributed by atoms with E-state index < -0.39 is 0 Å². The molecule has 1 aliphatic carbocycles. The highest BCUT2D eigenvalue weighted by Gasteiger charge is 2.26. The molecule has 0 radical (unpaired) electrons. The number of rotatable bonds is 7. The van der Waals surface area contributed by atoms with Gasteiger partial charge in [0.15, 0.2) is 0 Å². The van der Waals surface area contributed by atoms with E-state index >= 15 is 0 Å². The molecule has 0 spiro atoms. The molecule has 1 aromatic carbocycles. The molecule has 1 saturated carbocycles. The zero-order valence-electron chi connectivity index (χ0n) is 13.4. The Balaban J connectivity index is 1.61. The minimum absolute atomic E-state index is 0.0215. The first-order valence-electron chi connectivity index (χ1n) is 8.20. The average molecular weight is 310 g/mol. The maximum absolute atomic E-state index is 12.0. The Hall–Kier alpha value is -2.43. The predicted molar refractivity (Wildman–Crippen MR) is 90.4 cm³/mol. The molecule has 1 heterocycles. The summed E-state index contributed by atoms with van der Waals surface area (Å²) < 4.78 is 0. The van der Waals surface area contributed by atoms with Gasteiger partial charge in [0, 0.05) is 30.8 Å². The van der Waals surface area contributed by atoms with Crippen LogP contribution < -0.4 is 10.6 Å². The van der Waals surface area contributed by atoms with Crippen LogP contribution in [0, 0.1) is 0 Å². The van der Waals surface area contributed by atoms with E-state index in [0.29, 0.717) is 24.6 Å². The summed E-state index contributed by atoms with van der Waals surface area (Å²) in [5, 5.41) is 6.21. The second-order valence-electron chi connectivity index (χ2n) is 5.88. The molecule has 5 heteroatoms. The molecule has 1 amide bonds. The Kier molecular flexibility index (Phi) is 4.86. The van der Waals surface area contributed by atoms with Gasteiger partial charge in [-0.25, -0.2) is 9.97 Å². The second-order valence-corrected chi connectivity index (χ2v) is 5.88. The summed E-state index contributed by atoms with van der Waals surface area (Å²) in [7, 11) is 0. The van der Waals surface area contributed by atoms with Gasteiger partial charge in [-0.2, -0.15) is 0 Å². The molecule has 1 fully saturated rings. The lowest BCUT2D eigenvalue weighted by atomic mass is 10.1. The largest absolute Gasteiger partial charge is 0.366 e. The Morgan fingerprint density at radius 2 is 2.17 bits per heavy atom. The van der Waals surface area contributed by atoms with Gasteiger partial charge in [0.05, 0.1) is 0 Å². The van der Waals surface area contributed by atoms with E-state index in [0.717, 1.165) is 23.6 Å². The van der Waals surface area contributed by atoms with Crippen molar-refractivity contribution in [2.45, 2.75) is 38.6 Å². The summed E-state index contributed by atoms with van der Waals surface area (Å²) in [5.41, 5.74) is 1.75. The van der Waals surface area contributed by atoms with Crippen LogP contribution in [0.25, 0.3) is 0 Å². The lowest BCUT2D eigenvalue weighted by Crippen LogP contribution is -2.24. The third kappa shape index (κ3) is 4.28. The highest BCUT2D eigenvalue weighted by atomic mass is 16.1. The van der Waals surface area contributed by atoms with Crippen molar-refractivity contribution in [2.75, 3.05) is 11.9 Å². The van der Waals surface area contributed by atoms with Gasteiger partial charge >= 0.3 is 0 Å². The van der Waals surface area contributed by atoms with Crippen molar-refractivity contribution in [3.8, 4) is 0 Å². The van der Waals surface area contributed by atoms with E-state index in [4.69, 9.17) is 0 Å². The predicted octanol–water partition coefficient (Wildman–Crippen LogP) is 3.11. The van der Waals surface area contributed by atoms with Crippen LogP contribution in [0.4, 0.5) is 5.82 Å². The third-order valence-electron chi connectivity index (χ3n) is 3.82. The number of amides is 1. The SMILES string of the molecule is CCCNC(=O)c1cccc(CNc2ccnc(C3CC3)n2)c1. The van der Waals surface area contributed by atoms with Crippen LogP contribution in [-0.2, 0) is 6.54 Å². The van der Waals surface area contributed by atoms with Crippen molar-refractivity contribution in [1.29, 1.82) is 0 Å². The Labute approximate surface area is 136 Å². The fourth-order valence-corrected chi connectivity index (χ4v) is 2.37. The van der Waals surface area contributed by atoms with Crippen LogP contribution in [0.1, 0.15) is 53.8 Å². The van der Waals surface area contributed by atoms with Crippen molar-refractivity contribution in [1.82, 2.24) is 15.3 Å². The Bertz CT molecular complexity index is 682. The lowest BCUT2D eigenvalue weighted by Gasteiger charge is -2.09. The molecule has 0 atom stereocenters. The summed E-state index contributed by atoms with van der Waals surface area (Å²) >= 11 is 0. The molecular weight excluding hydrogens is 288 g/mol. The molecule has 3 rings (SSSR count). The van der Waals surface area contributed by atoms with Crippen LogP contribution in [0.2, 0.25) is 0 Å². The van der Waals surface area contributed by atoms with Crippen LogP contribution in [-0.4, -0.2) is 22.4 Å². The van der Waals surface area contributed by atoms with E-state index in [1.54, 1.807) is 6.20 Å². The van der Waals surface area contributed by atoms with E-state index in [2.05, 4.69) is 20.6 Å². The summed E-state index contributed by atoms with van der Waals surface area (Å²) in [6.07, 6.45) is 5.12. The van der Waals surface area contributed by atoms with Crippen molar-refractivity contribution in [3.05, 3.63) is 53.5 Å². The minimum atomic E-state index is -0.0215. The smallest absolute Gasteiger partial charge is 0.251 e. The normalized spacial score (nSPS) is 13.6. The maximum atomic E-state index is 12.0. The molecule has 0 unspecified atom stereocenters. The number of aromatic nitrogens is 2. The monoisotopic (exact) mass is 310 g/mol. The van der Waals surface area contributed by atoms with E-state index in [-0.39, 0.29) is 5.91 Å². The first-order valence-corrected chi connectivity index (χ1v) is 8.20. The number of anilines is 1. The molecule has 0 aliphatic heterocycles. The molecule has 0 saturated heterocycles. The van der Waals surface area contributed by atoms with Gasteiger partial charge in [-0.05, 0) is 43.0 Å². The van der Waals surface area contributed by atoms with Gasteiger partial charge in [-0.3, -0.25) is 4.79 Å². The zero-order valence-corrected chi connectivity index (χ0v) is 13.4. The maximum Gasteiger partial charge on any atom is 0.251 e. The van der Waals surface area contributed by atoms with E-state index in [1.807, 2.05) is 37.3 Å². The standard InChI is InChI=1S/C18H22N4O/c1-2-9-20-18(23)15-5-3-4-13(11-15)12-21-16-8-10-19-17(22-16)14-6-7-14/h3-5,8,10-11,14H,2,6-7,9,12H2,1H3,(H,20,23)(H,19,21,22). The zero-order chi connectivity index (χ0) is 16.1. The molecule has 5 nitrogen and oxygen atoms in total. The van der Waals surface area contributed by atoms with Crippen molar-refractivity contribution >= 4 is 11.7 Å². The van der Waals surface area contributed by atoms with Crippen LogP contribution in [0.3, 0.4) is 0 Å². The summed E-state index contributed by atoms with van der Waals surface area (Å²) in [5.74, 6) is 2.29. The van der Waals surface area contributed by atoms with Gasteiger partial charge in [0.2, 0.25) is 0 Å². The van der Waals surface area contributed by atoms with Gasteiger partial charge in [-0.15, -0.1) is 0 Å². The van der Waals surface area contributed by atoms with Crippen molar-refractivity contribution in [3.63, 3.8) is 0 Å². The van der Waals surface area contributed by atoms with Gasteiger partial charge in [-0.1, -0.05) is 19.1 Å². The summed E-state index contributed by atoms with van der Waals surface area (Å²) in [6, 6.07) is 9.55. The number of benzene rings is 1. The van der Waals surface area contributed by atoms with E-state index in [1.165, 1.54) is 12.8 Å².